The van der Waals surface area contributed by atoms with Crippen LogP contribution in [0.25, 0.3) is 0 Å². The van der Waals surface area contributed by atoms with Crippen LogP contribution >= 0.6 is 0 Å². The fourth-order valence-electron chi connectivity index (χ4n) is 3.69. The standard InChI is InChI=1S/C20H24O7/c1-6-9(2)18(23)26-17-10(3)12(21)7-14-20(5,27-14)8-13-15(16(17)22)11(4)19(24)25-13/h6,13-17,22H,3-4,7-8H2,1-2,5H3/b9-6-/t13-,14-,15+,16-,17+,20-/m1/s1. The zero-order chi connectivity index (χ0) is 20.1. The van der Waals surface area contributed by atoms with Gasteiger partial charge >= 0.3 is 11.9 Å². The number of ketones is 1. The highest BCUT2D eigenvalue weighted by molar-refractivity contribution is 5.98. The van der Waals surface area contributed by atoms with Crippen molar-refractivity contribution in [1.29, 1.82) is 0 Å². The van der Waals surface area contributed by atoms with Crippen LogP contribution in [0, 0.1) is 5.92 Å². The molecule has 2 aliphatic heterocycles. The van der Waals surface area contributed by atoms with Crippen LogP contribution in [0.3, 0.4) is 0 Å². The summed E-state index contributed by atoms with van der Waals surface area (Å²) in [4.78, 5) is 36.9. The van der Waals surface area contributed by atoms with Crippen molar-refractivity contribution >= 4 is 17.7 Å². The van der Waals surface area contributed by atoms with Crippen molar-refractivity contribution in [2.24, 2.45) is 5.92 Å². The predicted molar refractivity (Wildman–Crippen MR) is 94.5 cm³/mol. The predicted octanol–water partition coefficient (Wildman–Crippen LogP) is 1.40. The molecule has 0 aromatic carbocycles. The second kappa shape index (κ2) is 6.73. The van der Waals surface area contributed by atoms with Crippen molar-refractivity contribution in [1.82, 2.24) is 0 Å². The number of ether oxygens (including phenoxy) is 3. The maximum absolute atomic E-state index is 12.6. The lowest BCUT2D eigenvalue weighted by Gasteiger charge is -2.31. The Morgan fingerprint density at radius 1 is 1.33 bits per heavy atom. The van der Waals surface area contributed by atoms with E-state index in [1.54, 1.807) is 19.9 Å². The van der Waals surface area contributed by atoms with Gasteiger partial charge in [0.05, 0.1) is 17.6 Å². The van der Waals surface area contributed by atoms with E-state index in [9.17, 15) is 19.5 Å². The molecular formula is C20H24O7. The quantitative estimate of drug-likeness (QED) is 0.441. The van der Waals surface area contributed by atoms with Crippen LogP contribution in [0.15, 0.2) is 36.0 Å². The lowest BCUT2D eigenvalue weighted by molar-refractivity contribution is -0.152. The molecule has 1 saturated carbocycles. The van der Waals surface area contributed by atoms with E-state index >= 15 is 0 Å². The Morgan fingerprint density at radius 3 is 2.63 bits per heavy atom. The van der Waals surface area contributed by atoms with E-state index in [4.69, 9.17) is 14.2 Å². The summed E-state index contributed by atoms with van der Waals surface area (Å²) in [5, 5.41) is 11.0. The van der Waals surface area contributed by atoms with Crippen molar-refractivity contribution in [3.05, 3.63) is 36.0 Å². The van der Waals surface area contributed by atoms with Gasteiger partial charge in [0.1, 0.15) is 12.2 Å². The number of allylic oxidation sites excluding steroid dienone is 1. The molecule has 2 saturated heterocycles. The van der Waals surface area contributed by atoms with Crippen LogP contribution in [0.2, 0.25) is 0 Å². The molecule has 27 heavy (non-hydrogen) atoms. The van der Waals surface area contributed by atoms with E-state index in [0.29, 0.717) is 12.0 Å². The summed E-state index contributed by atoms with van der Waals surface area (Å²) in [6.45, 7) is 12.6. The number of Topliss-reactive ketones (excluding diaryl/α,β-unsaturated/α-hetero) is 1. The molecule has 1 aliphatic carbocycles. The first-order valence-electron chi connectivity index (χ1n) is 8.90. The molecule has 0 unspecified atom stereocenters. The normalized spacial score (nSPS) is 39.4. The van der Waals surface area contributed by atoms with Crippen molar-refractivity contribution in [2.75, 3.05) is 0 Å². The SMILES string of the molecule is C=C1C(=O)O[C@@H]2C[C@@]3(C)O[C@@H]3CC(=O)C(=C)[C@H](OC(=O)/C(C)=C\C)[C@H](O)[C@@H]12. The zero-order valence-corrected chi connectivity index (χ0v) is 15.7. The first kappa shape index (κ1) is 19.5. The van der Waals surface area contributed by atoms with E-state index < -0.39 is 41.8 Å². The Bertz CT molecular complexity index is 764. The minimum atomic E-state index is -1.39. The van der Waals surface area contributed by atoms with Gasteiger partial charge in [-0.3, -0.25) is 4.79 Å². The van der Waals surface area contributed by atoms with Crippen molar-refractivity contribution < 1.29 is 33.7 Å². The highest BCUT2D eigenvalue weighted by atomic mass is 16.6. The zero-order valence-electron chi connectivity index (χ0n) is 15.7. The van der Waals surface area contributed by atoms with Gasteiger partial charge in [-0.15, -0.1) is 0 Å². The van der Waals surface area contributed by atoms with E-state index in [2.05, 4.69) is 13.2 Å². The molecule has 1 N–H and O–H groups in total. The Kier molecular flexibility index (Phi) is 4.86. The van der Waals surface area contributed by atoms with Crippen LogP contribution in [-0.2, 0) is 28.6 Å². The number of aliphatic hydroxyl groups excluding tert-OH is 1. The number of epoxide rings is 1. The third kappa shape index (κ3) is 3.37. The average Bonchev–Trinajstić information content (AvgIpc) is 3.15. The van der Waals surface area contributed by atoms with Crippen LogP contribution in [0.5, 0.6) is 0 Å². The highest BCUT2D eigenvalue weighted by Gasteiger charge is 2.59. The number of fused-ring (bicyclic) bond motifs is 2. The number of hydrogen-bond donors (Lipinski definition) is 1. The van der Waals surface area contributed by atoms with E-state index in [1.807, 2.05) is 6.92 Å². The first-order valence-corrected chi connectivity index (χ1v) is 8.90. The second-order valence-corrected chi connectivity index (χ2v) is 7.56. The van der Waals surface area contributed by atoms with Gasteiger partial charge in [-0.2, -0.15) is 0 Å². The van der Waals surface area contributed by atoms with Gasteiger partial charge in [0.15, 0.2) is 11.9 Å². The molecule has 7 nitrogen and oxygen atoms in total. The van der Waals surface area contributed by atoms with E-state index in [-0.39, 0.29) is 29.5 Å². The molecule has 7 heteroatoms. The molecule has 6 atom stereocenters. The molecule has 0 spiro atoms. The Hall–Kier alpha value is -2.25. The number of aliphatic hydroxyl groups is 1. The molecule has 0 aromatic rings. The second-order valence-electron chi connectivity index (χ2n) is 7.56. The van der Waals surface area contributed by atoms with Gasteiger partial charge in [0.2, 0.25) is 0 Å². The summed E-state index contributed by atoms with van der Waals surface area (Å²) in [6.07, 6.45) is -1.77. The van der Waals surface area contributed by atoms with Crippen LogP contribution < -0.4 is 0 Å². The summed E-state index contributed by atoms with van der Waals surface area (Å²) in [5.41, 5.74) is -0.246. The fraction of sp³-hybridized carbons (Fsp3) is 0.550. The molecule has 3 rings (SSSR count). The van der Waals surface area contributed by atoms with Crippen molar-refractivity contribution in [3.63, 3.8) is 0 Å². The minimum absolute atomic E-state index is 0.0367. The van der Waals surface area contributed by atoms with Gasteiger partial charge < -0.3 is 19.3 Å². The molecule has 3 aliphatic rings. The number of esters is 2. The summed E-state index contributed by atoms with van der Waals surface area (Å²) < 4.78 is 16.5. The molecule has 0 amide bonds. The smallest absolute Gasteiger partial charge is 0.334 e. The van der Waals surface area contributed by atoms with Crippen molar-refractivity contribution in [3.8, 4) is 0 Å². The Labute approximate surface area is 157 Å². The topological polar surface area (TPSA) is 102 Å². The van der Waals surface area contributed by atoms with Gasteiger partial charge in [-0.25, -0.2) is 9.59 Å². The van der Waals surface area contributed by atoms with E-state index in [1.165, 1.54) is 0 Å². The summed E-state index contributed by atoms with van der Waals surface area (Å²) >= 11 is 0. The molecule has 0 aromatic heterocycles. The molecule has 0 radical (unpaired) electrons. The molecule has 2 heterocycles. The maximum Gasteiger partial charge on any atom is 0.334 e. The summed E-state index contributed by atoms with van der Waals surface area (Å²) in [6, 6.07) is 0. The van der Waals surface area contributed by atoms with Gasteiger partial charge in [-0.1, -0.05) is 19.2 Å². The van der Waals surface area contributed by atoms with Crippen LogP contribution in [0.4, 0.5) is 0 Å². The number of carbonyl (C=O) groups is 3. The molecular weight excluding hydrogens is 352 g/mol. The third-order valence-electron chi connectivity index (χ3n) is 5.70. The monoisotopic (exact) mass is 376 g/mol. The first-order chi connectivity index (χ1) is 12.6. The Balaban J connectivity index is 1.97. The minimum Gasteiger partial charge on any atom is -0.458 e. The number of carbonyl (C=O) groups excluding carboxylic acids is 3. The van der Waals surface area contributed by atoms with Gasteiger partial charge in [-0.05, 0) is 20.8 Å². The number of rotatable bonds is 2. The molecule has 146 valence electrons. The van der Waals surface area contributed by atoms with E-state index in [0.717, 1.165) is 0 Å². The fourth-order valence-corrected chi connectivity index (χ4v) is 3.69. The summed E-state index contributed by atoms with van der Waals surface area (Å²) in [7, 11) is 0. The van der Waals surface area contributed by atoms with Crippen LogP contribution in [-0.4, -0.2) is 52.8 Å². The maximum atomic E-state index is 12.6. The molecule has 3 fully saturated rings. The lowest BCUT2D eigenvalue weighted by Crippen LogP contribution is -2.45. The summed E-state index contributed by atoms with van der Waals surface area (Å²) in [5.74, 6) is -2.47. The number of hydrogen-bond acceptors (Lipinski definition) is 7. The lowest BCUT2D eigenvalue weighted by atomic mass is 9.79. The molecule has 0 bridgehead atoms. The third-order valence-corrected chi connectivity index (χ3v) is 5.70. The Morgan fingerprint density at radius 2 is 2.00 bits per heavy atom. The van der Waals surface area contributed by atoms with Crippen LogP contribution in [0.1, 0.15) is 33.6 Å². The highest BCUT2D eigenvalue weighted by Crippen LogP contribution is 2.48. The average molecular weight is 376 g/mol. The van der Waals surface area contributed by atoms with Gasteiger partial charge in [0.25, 0.3) is 0 Å². The largest absolute Gasteiger partial charge is 0.458 e. The van der Waals surface area contributed by atoms with Gasteiger partial charge in [0, 0.05) is 29.6 Å². The van der Waals surface area contributed by atoms with Crippen molar-refractivity contribution in [2.45, 2.75) is 63.6 Å².